The minimum absolute atomic E-state index is 0.0146. The fourth-order valence-corrected chi connectivity index (χ4v) is 3.61. The number of hydrogen-bond donors (Lipinski definition) is 1. The van der Waals surface area contributed by atoms with Crippen LogP contribution in [-0.4, -0.2) is 26.4 Å². The molecule has 5 nitrogen and oxygen atoms in total. The number of unbranched alkanes of at least 4 members (excludes halogenated alkanes) is 1. The second-order valence-corrected chi connectivity index (χ2v) is 7.00. The van der Waals surface area contributed by atoms with Crippen LogP contribution < -0.4 is 5.32 Å². The van der Waals surface area contributed by atoms with Gasteiger partial charge in [0.2, 0.25) is 0 Å². The van der Waals surface area contributed by atoms with Gasteiger partial charge in [0.05, 0.1) is 12.1 Å². The van der Waals surface area contributed by atoms with Crippen LogP contribution in [0.4, 0.5) is 4.39 Å². The zero-order valence-corrected chi connectivity index (χ0v) is 15.9. The van der Waals surface area contributed by atoms with Crippen LogP contribution in [0.25, 0.3) is 5.69 Å². The third-order valence-electron chi connectivity index (χ3n) is 3.97. The molecular formula is C20H21FN4OS. The normalized spacial score (nSPS) is 10.7. The van der Waals surface area contributed by atoms with Crippen molar-refractivity contribution in [2.45, 2.75) is 31.5 Å². The van der Waals surface area contributed by atoms with E-state index in [0.29, 0.717) is 5.82 Å². The molecule has 3 aromatic rings. The van der Waals surface area contributed by atoms with Gasteiger partial charge in [-0.3, -0.25) is 9.36 Å². The number of halogens is 1. The summed E-state index contributed by atoms with van der Waals surface area (Å²) in [5.74, 6) is 0.527. The van der Waals surface area contributed by atoms with Crippen molar-refractivity contribution in [3.8, 4) is 5.69 Å². The van der Waals surface area contributed by atoms with E-state index in [0.717, 1.165) is 29.4 Å². The van der Waals surface area contributed by atoms with Crippen LogP contribution in [0.2, 0.25) is 0 Å². The maximum atomic E-state index is 13.8. The molecule has 0 aliphatic rings. The fraction of sp³-hybridized carbons (Fsp3) is 0.250. The van der Waals surface area contributed by atoms with E-state index in [4.69, 9.17) is 0 Å². The van der Waals surface area contributed by atoms with Crippen LogP contribution in [0.15, 0.2) is 59.8 Å². The third-order valence-corrected chi connectivity index (χ3v) is 4.98. The molecule has 0 saturated carbocycles. The summed E-state index contributed by atoms with van der Waals surface area (Å²) >= 11 is 1.64. The molecule has 3 rings (SSSR count). The number of para-hydroxylation sites is 1. The summed E-state index contributed by atoms with van der Waals surface area (Å²) < 4.78 is 15.7. The van der Waals surface area contributed by atoms with Crippen LogP contribution in [0.1, 0.15) is 35.9 Å². The molecule has 0 radical (unpaired) electrons. The third kappa shape index (κ3) is 4.74. The summed E-state index contributed by atoms with van der Waals surface area (Å²) in [5, 5.41) is 12.0. The number of benzene rings is 2. The lowest BCUT2D eigenvalue weighted by Crippen LogP contribution is -2.25. The summed E-state index contributed by atoms with van der Waals surface area (Å²) in [6.45, 7) is 2.30. The second-order valence-electron chi connectivity index (χ2n) is 5.93. The monoisotopic (exact) mass is 384 g/mol. The molecule has 7 heteroatoms. The molecule has 0 saturated heterocycles. The first-order chi connectivity index (χ1) is 13.2. The van der Waals surface area contributed by atoms with E-state index in [1.165, 1.54) is 12.1 Å². The van der Waals surface area contributed by atoms with Crippen molar-refractivity contribution in [2.75, 3.05) is 5.75 Å². The van der Waals surface area contributed by atoms with Crippen molar-refractivity contribution in [3.05, 3.63) is 71.8 Å². The van der Waals surface area contributed by atoms with Crippen LogP contribution in [0.5, 0.6) is 0 Å². The summed E-state index contributed by atoms with van der Waals surface area (Å²) in [5.41, 5.74) is 0.942. The molecule has 140 valence electrons. The number of carbonyl (C=O) groups is 1. The number of nitrogens with one attached hydrogen (secondary N) is 1. The molecule has 2 aromatic carbocycles. The number of nitrogens with zero attached hydrogens (tertiary/aromatic N) is 3. The number of rotatable bonds is 8. The first kappa shape index (κ1) is 19.1. The van der Waals surface area contributed by atoms with Gasteiger partial charge in [0.15, 0.2) is 11.0 Å². The molecule has 0 fully saturated rings. The van der Waals surface area contributed by atoms with Gasteiger partial charge >= 0.3 is 0 Å². The smallest absolute Gasteiger partial charge is 0.254 e. The van der Waals surface area contributed by atoms with E-state index >= 15 is 0 Å². The SMILES string of the molecule is CCCCSc1nnc(CNC(=O)c2ccccc2F)n1-c1ccccc1. The van der Waals surface area contributed by atoms with E-state index in [-0.39, 0.29) is 12.1 Å². The molecule has 0 bridgehead atoms. The van der Waals surface area contributed by atoms with Crippen molar-refractivity contribution in [2.24, 2.45) is 0 Å². The largest absolute Gasteiger partial charge is 0.345 e. The predicted molar refractivity (Wildman–Crippen MR) is 105 cm³/mol. The number of carbonyl (C=O) groups excluding carboxylic acids is 1. The van der Waals surface area contributed by atoms with Gasteiger partial charge in [-0.1, -0.05) is 55.4 Å². The molecule has 27 heavy (non-hydrogen) atoms. The average Bonchev–Trinajstić information content (AvgIpc) is 3.10. The highest BCUT2D eigenvalue weighted by Crippen LogP contribution is 2.23. The van der Waals surface area contributed by atoms with E-state index in [1.807, 2.05) is 34.9 Å². The lowest BCUT2D eigenvalue weighted by atomic mass is 10.2. The van der Waals surface area contributed by atoms with Crippen LogP contribution in [0.3, 0.4) is 0 Å². The molecule has 1 N–H and O–H groups in total. The maximum absolute atomic E-state index is 13.8. The van der Waals surface area contributed by atoms with E-state index in [1.54, 1.807) is 23.9 Å². The fourth-order valence-electron chi connectivity index (χ4n) is 2.55. The van der Waals surface area contributed by atoms with Gasteiger partial charge in [0.25, 0.3) is 5.91 Å². The first-order valence-corrected chi connectivity index (χ1v) is 9.84. The molecular weight excluding hydrogens is 363 g/mol. The number of aromatic nitrogens is 3. The van der Waals surface area contributed by atoms with Gasteiger partial charge in [-0.15, -0.1) is 10.2 Å². The van der Waals surface area contributed by atoms with Gasteiger partial charge in [-0.25, -0.2) is 4.39 Å². The molecule has 0 spiro atoms. The Bertz CT molecular complexity index is 898. The maximum Gasteiger partial charge on any atom is 0.254 e. The minimum atomic E-state index is -0.546. The Hall–Kier alpha value is -2.67. The van der Waals surface area contributed by atoms with Crippen LogP contribution >= 0.6 is 11.8 Å². The van der Waals surface area contributed by atoms with Gasteiger partial charge < -0.3 is 5.32 Å². The van der Waals surface area contributed by atoms with Crippen LogP contribution in [0, 0.1) is 5.82 Å². The number of amides is 1. The summed E-state index contributed by atoms with van der Waals surface area (Å²) in [7, 11) is 0. The minimum Gasteiger partial charge on any atom is -0.345 e. The Balaban J connectivity index is 1.80. The Labute approximate surface area is 162 Å². The summed E-state index contributed by atoms with van der Waals surface area (Å²) in [4.78, 5) is 12.3. The lowest BCUT2D eigenvalue weighted by Gasteiger charge is -2.11. The van der Waals surface area contributed by atoms with E-state index < -0.39 is 11.7 Å². The van der Waals surface area contributed by atoms with Gasteiger partial charge in [0.1, 0.15) is 5.82 Å². The summed E-state index contributed by atoms with van der Waals surface area (Å²) in [6, 6.07) is 15.7. The second kappa shape index (κ2) is 9.32. The van der Waals surface area contributed by atoms with Crippen molar-refractivity contribution < 1.29 is 9.18 Å². The van der Waals surface area contributed by atoms with Crippen molar-refractivity contribution >= 4 is 17.7 Å². The number of thioether (sulfide) groups is 1. The predicted octanol–water partition coefficient (Wildman–Crippen LogP) is 4.23. The van der Waals surface area contributed by atoms with E-state index in [9.17, 15) is 9.18 Å². The average molecular weight is 384 g/mol. The molecule has 0 aliphatic heterocycles. The highest BCUT2D eigenvalue weighted by atomic mass is 32.2. The Morgan fingerprint density at radius 3 is 2.59 bits per heavy atom. The highest BCUT2D eigenvalue weighted by Gasteiger charge is 2.16. The Kier molecular flexibility index (Phi) is 6.59. The summed E-state index contributed by atoms with van der Waals surface area (Å²) in [6.07, 6.45) is 2.20. The lowest BCUT2D eigenvalue weighted by molar-refractivity contribution is 0.0945. The van der Waals surface area contributed by atoms with Gasteiger partial charge in [-0.05, 0) is 30.7 Å². The Morgan fingerprint density at radius 2 is 1.85 bits per heavy atom. The highest BCUT2D eigenvalue weighted by molar-refractivity contribution is 7.99. The molecule has 1 aromatic heterocycles. The molecule has 1 heterocycles. The van der Waals surface area contributed by atoms with Gasteiger partial charge in [0, 0.05) is 11.4 Å². The van der Waals surface area contributed by atoms with Crippen LogP contribution in [-0.2, 0) is 6.54 Å². The quantitative estimate of drug-likeness (QED) is 0.466. The van der Waals surface area contributed by atoms with E-state index in [2.05, 4.69) is 22.4 Å². The van der Waals surface area contributed by atoms with Crippen molar-refractivity contribution in [1.82, 2.24) is 20.1 Å². The topological polar surface area (TPSA) is 59.8 Å². The zero-order chi connectivity index (χ0) is 19.1. The van der Waals surface area contributed by atoms with Crippen molar-refractivity contribution in [3.63, 3.8) is 0 Å². The van der Waals surface area contributed by atoms with Crippen molar-refractivity contribution in [1.29, 1.82) is 0 Å². The standard InChI is InChI=1S/C20H21FN4OS/c1-2-3-13-27-20-24-23-18(25(20)15-9-5-4-6-10-15)14-22-19(26)16-11-7-8-12-17(16)21/h4-12H,2-3,13-14H2,1H3,(H,22,26). The Morgan fingerprint density at radius 1 is 1.11 bits per heavy atom. The molecule has 0 unspecified atom stereocenters. The molecule has 0 atom stereocenters. The first-order valence-electron chi connectivity index (χ1n) is 8.86. The molecule has 0 aliphatic carbocycles. The number of hydrogen-bond acceptors (Lipinski definition) is 4. The zero-order valence-electron chi connectivity index (χ0n) is 15.1. The molecule has 1 amide bonds. The van der Waals surface area contributed by atoms with Gasteiger partial charge in [-0.2, -0.15) is 0 Å².